The molecule has 1 aromatic carbocycles. The molecule has 0 spiro atoms. The Labute approximate surface area is 136 Å². The third-order valence-electron chi connectivity index (χ3n) is 4.95. The summed E-state index contributed by atoms with van der Waals surface area (Å²) in [5.74, 6) is 0.748. The van der Waals surface area contributed by atoms with Crippen LogP contribution in [0.15, 0.2) is 24.3 Å². The molecule has 2 aliphatic heterocycles. The Morgan fingerprint density at radius 2 is 1.83 bits per heavy atom. The van der Waals surface area contributed by atoms with Crippen molar-refractivity contribution in [3.8, 4) is 5.75 Å². The number of anilines is 1. The normalized spacial score (nSPS) is 20.8. The molecular weight excluding hydrogens is 294 g/mol. The van der Waals surface area contributed by atoms with Crippen molar-refractivity contribution in [3.05, 3.63) is 24.3 Å². The van der Waals surface area contributed by atoms with Crippen molar-refractivity contribution < 1.29 is 14.3 Å². The van der Waals surface area contributed by atoms with E-state index in [1.54, 1.807) is 12.0 Å². The summed E-state index contributed by atoms with van der Waals surface area (Å²) in [4.78, 5) is 28.9. The zero-order valence-corrected chi connectivity index (χ0v) is 13.7. The van der Waals surface area contributed by atoms with Gasteiger partial charge in [-0.3, -0.25) is 9.59 Å². The maximum atomic E-state index is 13.0. The van der Waals surface area contributed by atoms with Crippen molar-refractivity contribution in [2.24, 2.45) is 0 Å². The van der Waals surface area contributed by atoms with Crippen LogP contribution in [-0.2, 0) is 9.59 Å². The summed E-state index contributed by atoms with van der Waals surface area (Å²) in [5.41, 5.74) is 0.0176. The van der Waals surface area contributed by atoms with Crippen LogP contribution in [0.5, 0.6) is 5.75 Å². The number of carbonyl (C=O) groups is 2. The number of nitrogens with one attached hydrogen (secondary N) is 1. The second kappa shape index (κ2) is 6.20. The molecule has 23 heavy (non-hydrogen) atoms. The molecular formula is C17H23N3O3. The number of amides is 2. The second-order valence-electron chi connectivity index (χ2n) is 6.31. The van der Waals surface area contributed by atoms with Crippen molar-refractivity contribution >= 4 is 17.5 Å². The van der Waals surface area contributed by atoms with Crippen LogP contribution in [0, 0.1) is 0 Å². The highest BCUT2D eigenvalue weighted by Crippen LogP contribution is 2.34. The number of carbonyl (C=O) groups excluding carboxylic acids is 2. The average Bonchev–Trinajstić information content (AvgIpc) is 2.56. The lowest BCUT2D eigenvalue weighted by Crippen LogP contribution is -2.67. The fourth-order valence-corrected chi connectivity index (χ4v) is 3.30. The van der Waals surface area contributed by atoms with E-state index in [0.29, 0.717) is 25.8 Å². The van der Waals surface area contributed by atoms with E-state index in [9.17, 15) is 9.59 Å². The number of methoxy groups -OCH3 is 1. The summed E-state index contributed by atoms with van der Waals surface area (Å²) in [6, 6.07) is 7.26. The van der Waals surface area contributed by atoms with E-state index >= 15 is 0 Å². The van der Waals surface area contributed by atoms with Gasteiger partial charge in [-0.05, 0) is 44.2 Å². The molecule has 0 aliphatic carbocycles. The lowest BCUT2D eigenvalue weighted by atomic mass is 9.82. The highest BCUT2D eigenvalue weighted by atomic mass is 16.5. The van der Waals surface area contributed by atoms with Crippen LogP contribution in [0.2, 0.25) is 0 Å². The van der Waals surface area contributed by atoms with E-state index in [0.717, 1.165) is 24.5 Å². The number of hydrogen-bond donors (Lipinski definition) is 1. The summed E-state index contributed by atoms with van der Waals surface area (Å²) in [6.07, 6.45) is 1.90. The first kappa shape index (κ1) is 15.8. The topological polar surface area (TPSA) is 61.9 Å². The molecule has 0 radical (unpaired) electrons. The van der Waals surface area contributed by atoms with Crippen LogP contribution in [0.3, 0.4) is 0 Å². The molecule has 2 saturated heterocycles. The molecule has 6 heteroatoms. The Morgan fingerprint density at radius 1 is 1.17 bits per heavy atom. The maximum absolute atomic E-state index is 13.0. The van der Waals surface area contributed by atoms with Gasteiger partial charge in [0.15, 0.2) is 0 Å². The molecule has 3 rings (SSSR count). The van der Waals surface area contributed by atoms with Crippen LogP contribution < -0.4 is 10.1 Å². The summed E-state index contributed by atoms with van der Waals surface area (Å²) in [5, 5.41) is 2.98. The van der Waals surface area contributed by atoms with Crippen LogP contribution in [0.4, 0.5) is 5.69 Å². The van der Waals surface area contributed by atoms with Gasteiger partial charge in [-0.2, -0.15) is 0 Å². The third-order valence-corrected chi connectivity index (χ3v) is 4.95. The molecule has 2 heterocycles. The van der Waals surface area contributed by atoms with E-state index in [-0.39, 0.29) is 11.8 Å². The van der Waals surface area contributed by atoms with Gasteiger partial charge in [-0.1, -0.05) is 0 Å². The molecule has 2 aliphatic rings. The van der Waals surface area contributed by atoms with Crippen molar-refractivity contribution in [1.82, 2.24) is 9.80 Å². The summed E-state index contributed by atoms with van der Waals surface area (Å²) in [6.45, 7) is 2.32. The van der Waals surface area contributed by atoms with E-state index < -0.39 is 5.54 Å². The molecule has 2 amide bonds. The van der Waals surface area contributed by atoms with Crippen molar-refractivity contribution in [1.29, 1.82) is 0 Å². The Hall–Kier alpha value is -2.08. The van der Waals surface area contributed by atoms with Gasteiger partial charge in [0.1, 0.15) is 11.3 Å². The summed E-state index contributed by atoms with van der Waals surface area (Å²) >= 11 is 0. The van der Waals surface area contributed by atoms with Crippen LogP contribution in [0.1, 0.15) is 19.3 Å². The smallest absolute Gasteiger partial charge is 0.250 e. The van der Waals surface area contributed by atoms with Gasteiger partial charge in [0.05, 0.1) is 7.11 Å². The lowest BCUT2D eigenvalue weighted by Gasteiger charge is -2.50. The van der Waals surface area contributed by atoms with Crippen molar-refractivity contribution in [2.75, 3.05) is 39.1 Å². The summed E-state index contributed by atoms with van der Waals surface area (Å²) in [7, 11) is 3.65. The van der Waals surface area contributed by atoms with E-state index in [1.165, 1.54) is 0 Å². The zero-order valence-electron chi connectivity index (χ0n) is 13.7. The molecule has 2 fully saturated rings. The molecule has 6 nitrogen and oxygen atoms in total. The minimum Gasteiger partial charge on any atom is -0.497 e. The number of β-lactam (4-membered cyclic amide) rings is 1. The highest BCUT2D eigenvalue weighted by Gasteiger charge is 2.50. The van der Waals surface area contributed by atoms with Crippen LogP contribution >= 0.6 is 0 Å². The molecule has 0 atom stereocenters. The third kappa shape index (κ3) is 2.91. The largest absolute Gasteiger partial charge is 0.497 e. The first-order valence-electron chi connectivity index (χ1n) is 8.00. The second-order valence-corrected chi connectivity index (χ2v) is 6.31. The van der Waals surface area contributed by atoms with Gasteiger partial charge in [-0.25, -0.2) is 0 Å². The quantitative estimate of drug-likeness (QED) is 0.851. The monoisotopic (exact) mass is 317 g/mol. The molecule has 0 bridgehead atoms. The fourth-order valence-electron chi connectivity index (χ4n) is 3.30. The Bertz CT molecular complexity index is 592. The molecule has 124 valence electrons. The van der Waals surface area contributed by atoms with Gasteiger partial charge < -0.3 is 19.9 Å². The Morgan fingerprint density at radius 3 is 2.30 bits per heavy atom. The van der Waals surface area contributed by atoms with Gasteiger partial charge in [0.2, 0.25) is 11.8 Å². The van der Waals surface area contributed by atoms with Crippen molar-refractivity contribution in [2.45, 2.75) is 24.8 Å². The maximum Gasteiger partial charge on any atom is 0.250 e. The Kier molecular flexibility index (Phi) is 4.26. The van der Waals surface area contributed by atoms with Gasteiger partial charge >= 0.3 is 0 Å². The number of hydrogen-bond acceptors (Lipinski definition) is 4. The average molecular weight is 317 g/mol. The number of ether oxygens (including phenoxy) is 1. The fraction of sp³-hybridized carbons (Fsp3) is 0.529. The van der Waals surface area contributed by atoms with Crippen LogP contribution in [0.25, 0.3) is 0 Å². The molecule has 0 saturated carbocycles. The van der Waals surface area contributed by atoms with Crippen molar-refractivity contribution in [3.63, 3.8) is 0 Å². The predicted octanol–water partition coefficient (Wildman–Crippen LogP) is 1.33. The first-order chi connectivity index (χ1) is 11.0. The zero-order chi connectivity index (χ0) is 16.4. The molecule has 1 N–H and O–H groups in total. The minimum atomic E-state index is -0.707. The standard InChI is InChI=1S/C17H23N3O3/c1-19-11-8-17(9-12-19,20-10-7-15(20)21)16(22)18-13-3-5-14(23-2)6-4-13/h3-6H,7-12H2,1-2H3,(H,18,22). The van der Waals surface area contributed by atoms with Gasteiger partial charge in [0, 0.05) is 31.7 Å². The van der Waals surface area contributed by atoms with Gasteiger partial charge in [0.25, 0.3) is 0 Å². The SMILES string of the molecule is COc1ccc(NC(=O)C2(N3CCC3=O)CCN(C)CC2)cc1. The summed E-state index contributed by atoms with van der Waals surface area (Å²) < 4.78 is 5.13. The lowest BCUT2D eigenvalue weighted by molar-refractivity contribution is -0.158. The molecule has 1 aromatic rings. The number of likely N-dealkylation sites (tertiary alicyclic amines) is 2. The number of benzene rings is 1. The van der Waals surface area contributed by atoms with E-state index in [4.69, 9.17) is 4.74 Å². The van der Waals surface area contributed by atoms with E-state index in [1.807, 2.05) is 31.3 Å². The predicted molar refractivity (Wildman–Crippen MR) is 87.4 cm³/mol. The number of rotatable bonds is 4. The minimum absolute atomic E-state index is 0.0798. The van der Waals surface area contributed by atoms with Crippen LogP contribution in [-0.4, -0.2) is 60.9 Å². The molecule has 0 unspecified atom stereocenters. The van der Waals surface area contributed by atoms with E-state index in [2.05, 4.69) is 10.2 Å². The highest BCUT2D eigenvalue weighted by molar-refractivity contribution is 6.01. The Balaban J connectivity index is 1.78. The molecule has 0 aromatic heterocycles. The first-order valence-corrected chi connectivity index (χ1v) is 8.00. The van der Waals surface area contributed by atoms with Gasteiger partial charge in [-0.15, -0.1) is 0 Å². The number of nitrogens with zero attached hydrogens (tertiary/aromatic N) is 2. The number of piperidine rings is 1.